The van der Waals surface area contributed by atoms with Gasteiger partial charge in [-0.3, -0.25) is 0 Å². The van der Waals surface area contributed by atoms with Crippen LogP contribution in [0, 0.1) is 13.5 Å². The molecule has 0 unspecified atom stereocenters. The molecule has 0 atom stereocenters. The number of hydrogen-bond donors (Lipinski definition) is 0. The van der Waals surface area contributed by atoms with Crippen molar-refractivity contribution in [3.63, 3.8) is 0 Å². The summed E-state index contributed by atoms with van der Waals surface area (Å²) in [6.45, 7) is 12.2. The van der Waals surface area contributed by atoms with Crippen molar-refractivity contribution < 1.29 is 0 Å². The summed E-state index contributed by atoms with van der Waals surface area (Å²) in [5, 5.41) is 5.74. The summed E-state index contributed by atoms with van der Waals surface area (Å²) in [6.07, 6.45) is 0.963. The normalized spacial score (nSPS) is 11.0. The van der Waals surface area contributed by atoms with Crippen molar-refractivity contribution in [3.05, 3.63) is 106 Å². The van der Waals surface area contributed by atoms with Gasteiger partial charge in [0.25, 0.3) is 0 Å². The molecule has 4 nitrogen and oxygen atoms in total. The van der Waals surface area contributed by atoms with Gasteiger partial charge in [0.15, 0.2) is 5.65 Å². The lowest BCUT2D eigenvalue weighted by Gasteiger charge is -2.14. The van der Waals surface area contributed by atoms with Crippen LogP contribution in [0.3, 0.4) is 0 Å². The summed E-state index contributed by atoms with van der Waals surface area (Å²) in [7, 11) is 0. The van der Waals surface area contributed by atoms with Gasteiger partial charge < -0.3 is 0 Å². The molecule has 0 saturated carbocycles. The van der Waals surface area contributed by atoms with Gasteiger partial charge in [-0.05, 0) is 48.2 Å². The quantitative estimate of drug-likeness (QED) is 0.238. The number of nitrogens with zero attached hydrogens (tertiary/aromatic N) is 4. The summed E-state index contributed by atoms with van der Waals surface area (Å²) >= 11 is 3.71. The molecule has 2 aromatic heterocycles. The van der Waals surface area contributed by atoms with E-state index in [0.717, 1.165) is 50.0 Å². The first-order valence-electron chi connectivity index (χ1n) is 10.8. The molecule has 2 heterocycles. The Bertz CT molecular complexity index is 1510. The molecule has 0 amide bonds. The van der Waals surface area contributed by atoms with Crippen LogP contribution < -0.4 is 0 Å². The van der Waals surface area contributed by atoms with E-state index in [4.69, 9.17) is 16.7 Å². The highest BCUT2D eigenvalue weighted by molar-refractivity contribution is 9.10. The topological polar surface area (TPSA) is 35.1 Å². The Labute approximate surface area is 201 Å². The molecule has 0 aliphatic heterocycles. The maximum atomic E-state index is 8.13. The van der Waals surface area contributed by atoms with E-state index in [0.29, 0.717) is 11.4 Å². The van der Waals surface area contributed by atoms with Gasteiger partial charge in [0.2, 0.25) is 5.69 Å². The molecule has 33 heavy (non-hydrogen) atoms. The fourth-order valence-electron chi connectivity index (χ4n) is 4.19. The lowest BCUT2D eigenvalue weighted by atomic mass is 9.96. The van der Waals surface area contributed by atoms with Crippen LogP contribution in [0.25, 0.3) is 44.0 Å². The molecule has 0 fully saturated rings. The number of aryl methyl sites for hydroxylation is 2. The molecule has 0 saturated heterocycles. The first-order valence-corrected chi connectivity index (χ1v) is 11.6. The van der Waals surface area contributed by atoms with E-state index in [1.165, 1.54) is 5.56 Å². The second kappa shape index (κ2) is 8.65. The van der Waals surface area contributed by atoms with Crippen LogP contribution >= 0.6 is 15.9 Å². The van der Waals surface area contributed by atoms with Gasteiger partial charge in [0.1, 0.15) is 0 Å². The number of rotatable bonds is 4. The Balaban J connectivity index is 1.93. The predicted octanol–water partition coefficient (Wildman–Crippen LogP) is 7.94. The van der Waals surface area contributed by atoms with E-state index in [-0.39, 0.29) is 0 Å². The van der Waals surface area contributed by atoms with Crippen molar-refractivity contribution in [1.82, 2.24) is 14.8 Å². The number of hydrogen-bond acceptors (Lipinski definition) is 2. The second-order valence-corrected chi connectivity index (χ2v) is 8.71. The lowest BCUT2D eigenvalue weighted by molar-refractivity contribution is 0.878. The highest BCUT2D eigenvalue weighted by Gasteiger charge is 2.24. The zero-order valence-electron chi connectivity index (χ0n) is 18.4. The van der Waals surface area contributed by atoms with Crippen LogP contribution in [0.4, 0.5) is 5.69 Å². The SMILES string of the molecule is [C-]#[N+]c1c(-c2ccc(CC)cc2)nc2c(c(C)nn2-c2ccccc2)c1-c1ccccc1Br. The Morgan fingerprint density at radius 3 is 2.30 bits per heavy atom. The van der Waals surface area contributed by atoms with Crippen LogP contribution in [0.2, 0.25) is 0 Å². The molecule has 5 heteroatoms. The summed E-state index contributed by atoms with van der Waals surface area (Å²) in [5.74, 6) is 0. The average molecular weight is 493 g/mol. The molecule has 0 bridgehead atoms. The zero-order valence-corrected chi connectivity index (χ0v) is 20.0. The fraction of sp³-hybridized carbons (Fsp3) is 0.107. The van der Waals surface area contributed by atoms with Crippen LogP contribution in [0.5, 0.6) is 0 Å². The van der Waals surface area contributed by atoms with Crippen molar-refractivity contribution in [2.24, 2.45) is 0 Å². The van der Waals surface area contributed by atoms with Crippen LogP contribution in [-0.4, -0.2) is 14.8 Å². The van der Waals surface area contributed by atoms with E-state index in [2.05, 4.69) is 52.0 Å². The van der Waals surface area contributed by atoms with Gasteiger partial charge in [0, 0.05) is 15.4 Å². The summed E-state index contributed by atoms with van der Waals surface area (Å²) in [5.41, 5.74) is 7.71. The van der Waals surface area contributed by atoms with E-state index >= 15 is 0 Å². The van der Waals surface area contributed by atoms with E-state index in [1.54, 1.807) is 0 Å². The second-order valence-electron chi connectivity index (χ2n) is 7.86. The molecule has 160 valence electrons. The molecule has 3 aromatic carbocycles. The first kappa shape index (κ1) is 21.1. The highest BCUT2D eigenvalue weighted by Crippen LogP contribution is 2.46. The van der Waals surface area contributed by atoms with Gasteiger partial charge >= 0.3 is 0 Å². The molecular formula is C28H21BrN4. The van der Waals surface area contributed by atoms with Crippen LogP contribution in [0.1, 0.15) is 18.2 Å². The number of para-hydroxylation sites is 1. The molecule has 0 aliphatic rings. The van der Waals surface area contributed by atoms with Crippen molar-refractivity contribution in [1.29, 1.82) is 0 Å². The number of halogens is 1. The lowest BCUT2D eigenvalue weighted by Crippen LogP contribution is -1.99. The summed E-state index contributed by atoms with van der Waals surface area (Å²) in [4.78, 5) is 9.07. The highest BCUT2D eigenvalue weighted by atomic mass is 79.9. The van der Waals surface area contributed by atoms with Gasteiger partial charge in [0.05, 0.1) is 23.6 Å². The summed E-state index contributed by atoms with van der Waals surface area (Å²) in [6, 6.07) is 26.3. The maximum Gasteiger partial charge on any atom is 0.221 e. The molecule has 5 rings (SSSR count). The monoisotopic (exact) mass is 492 g/mol. The maximum absolute atomic E-state index is 8.13. The average Bonchev–Trinajstić information content (AvgIpc) is 3.20. The molecule has 0 spiro atoms. The largest absolute Gasteiger partial charge is 0.240 e. The molecule has 0 radical (unpaired) electrons. The number of aromatic nitrogens is 3. The Morgan fingerprint density at radius 1 is 0.939 bits per heavy atom. The van der Waals surface area contributed by atoms with E-state index in [1.807, 2.05) is 66.2 Å². The standard InChI is InChI=1S/C28H21BrN4/c1-4-19-14-16-20(17-15-19)26-27(30-3)25(22-12-8-9-13-23(22)29)24-18(2)32-33(28(24)31-26)21-10-6-5-7-11-21/h5-17H,4H2,1-2H3. The Hall–Kier alpha value is -3.75. The number of pyridine rings is 1. The van der Waals surface area contributed by atoms with Crippen LogP contribution in [-0.2, 0) is 6.42 Å². The minimum absolute atomic E-state index is 0.536. The van der Waals surface area contributed by atoms with Crippen molar-refractivity contribution in [3.8, 4) is 28.1 Å². The van der Waals surface area contributed by atoms with Gasteiger partial charge in [-0.25, -0.2) is 14.5 Å². The van der Waals surface area contributed by atoms with Gasteiger partial charge in [-0.15, -0.1) is 0 Å². The predicted molar refractivity (Wildman–Crippen MR) is 138 cm³/mol. The molecule has 0 aliphatic carbocycles. The van der Waals surface area contributed by atoms with E-state index < -0.39 is 0 Å². The molecule has 0 N–H and O–H groups in total. The van der Waals surface area contributed by atoms with Crippen molar-refractivity contribution in [2.45, 2.75) is 20.3 Å². The third-order valence-corrected chi connectivity index (χ3v) is 6.55. The molecular weight excluding hydrogens is 472 g/mol. The smallest absolute Gasteiger partial charge is 0.221 e. The Morgan fingerprint density at radius 2 is 1.64 bits per heavy atom. The van der Waals surface area contributed by atoms with E-state index in [9.17, 15) is 0 Å². The number of fused-ring (bicyclic) bond motifs is 1. The Kier molecular flexibility index (Phi) is 5.53. The summed E-state index contributed by atoms with van der Waals surface area (Å²) < 4.78 is 2.81. The minimum atomic E-state index is 0.536. The third-order valence-electron chi connectivity index (χ3n) is 5.86. The molecule has 5 aromatic rings. The zero-order chi connectivity index (χ0) is 22.9. The van der Waals surface area contributed by atoms with Gasteiger partial charge in [-0.2, -0.15) is 5.10 Å². The fourth-order valence-corrected chi connectivity index (χ4v) is 4.67. The van der Waals surface area contributed by atoms with Crippen molar-refractivity contribution in [2.75, 3.05) is 0 Å². The van der Waals surface area contributed by atoms with Crippen LogP contribution in [0.15, 0.2) is 83.3 Å². The third kappa shape index (κ3) is 3.63. The number of benzene rings is 3. The van der Waals surface area contributed by atoms with Crippen molar-refractivity contribution >= 4 is 32.7 Å². The first-order chi connectivity index (χ1) is 16.1. The minimum Gasteiger partial charge on any atom is -0.240 e. The van der Waals surface area contributed by atoms with Gasteiger partial charge in [-0.1, -0.05) is 83.5 Å².